The van der Waals surface area contributed by atoms with Crippen LogP contribution in [0.5, 0.6) is 5.88 Å². The van der Waals surface area contributed by atoms with Crippen molar-refractivity contribution < 1.29 is 17.9 Å². The molecule has 80 valence electrons. The second-order valence-electron chi connectivity index (χ2n) is 2.38. The van der Waals surface area contributed by atoms with Crippen molar-refractivity contribution in [3.63, 3.8) is 0 Å². The average molecular weight is 282 g/mol. The molecule has 1 rings (SSSR count). The maximum atomic E-state index is 11.9. The van der Waals surface area contributed by atoms with Gasteiger partial charge in [-0.15, -0.1) is 13.2 Å². The number of nitrogens with zero attached hydrogens (tertiary/aromatic N) is 2. The van der Waals surface area contributed by atoms with Gasteiger partial charge in [-0.05, 0) is 22.0 Å². The summed E-state index contributed by atoms with van der Waals surface area (Å²) in [6, 6.07) is 2.69. The lowest BCUT2D eigenvalue weighted by molar-refractivity contribution is -0.276. The molecule has 0 saturated carbocycles. The third-order valence-corrected chi connectivity index (χ3v) is 2.08. The Balaban J connectivity index is 3.18. The average Bonchev–Trinajstić information content (AvgIpc) is 2.10. The largest absolute Gasteiger partial charge is 0.574 e. The molecule has 15 heavy (non-hydrogen) atoms. The highest BCUT2D eigenvalue weighted by atomic mass is 79.9. The minimum absolute atomic E-state index is 0.0548. The molecule has 0 saturated heterocycles. The van der Waals surface area contributed by atoms with Crippen molar-refractivity contribution in [3.8, 4) is 11.9 Å². The van der Waals surface area contributed by atoms with E-state index in [1.54, 1.807) is 6.07 Å². The molecule has 0 aliphatic rings. The smallest absolute Gasteiger partial charge is 0.398 e. The molecule has 4 nitrogen and oxygen atoms in total. The number of anilines is 1. The third-order valence-electron chi connectivity index (χ3n) is 1.28. The van der Waals surface area contributed by atoms with Gasteiger partial charge in [-0.25, -0.2) is 4.98 Å². The number of halogens is 4. The van der Waals surface area contributed by atoms with Gasteiger partial charge in [0, 0.05) is 0 Å². The first kappa shape index (κ1) is 11.6. The molecule has 0 bridgehead atoms. The Morgan fingerprint density at radius 1 is 1.53 bits per heavy atom. The number of aromatic nitrogens is 1. The van der Waals surface area contributed by atoms with Crippen molar-refractivity contribution in [1.82, 2.24) is 4.98 Å². The van der Waals surface area contributed by atoms with E-state index in [0.717, 1.165) is 6.07 Å². The second kappa shape index (κ2) is 3.94. The zero-order valence-corrected chi connectivity index (χ0v) is 8.56. The van der Waals surface area contributed by atoms with Crippen LogP contribution in [0.25, 0.3) is 0 Å². The molecule has 0 unspecified atom stereocenters. The van der Waals surface area contributed by atoms with E-state index in [2.05, 4.69) is 25.7 Å². The van der Waals surface area contributed by atoms with E-state index < -0.39 is 12.2 Å². The zero-order chi connectivity index (χ0) is 11.6. The van der Waals surface area contributed by atoms with Crippen LogP contribution in [0.4, 0.5) is 18.9 Å². The van der Waals surface area contributed by atoms with Gasteiger partial charge in [0.1, 0.15) is 16.2 Å². The fourth-order valence-electron chi connectivity index (χ4n) is 0.759. The lowest BCUT2D eigenvalue weighted by Gasteiger charge is -2.10. The van der Waals surface area contributed by atoms with Gasteiger partial charge in [0.2, 0.25) is 5.88 Å². The summed E-state index contributed by atoms with van der Waals surface area (Å²) >= 11 is 2.77. The van der Waals surface area contributed by atoms with Crippen LogP contribution in [0.3, 0.4) is 0 Å². The minimum Gasteiger partial charge on any atom is -0.398 e. The number of pyridine rings is 1. The van der Waals surface area contributed by atoms with Gasteiger partial charge >= 0.3 is 6.36 Å². The molecule has 1 heterocycles. The summed E-state index contributed by atoms with van der Waals surface area (Å²) in [7, 11) is 0. The molecule has 2 N–H and O–H groups in total. The fourth-order valence-corrected chi connectivity index (χ4v) is 1.04. The summed E-state index contributed by atoms with van der Waals surface area (Å²) in [6.45, 7) is 0. The molecule has 0 aliphatic carbocycles. The van der Waals surface area contributed by atoms with E-state index in [-0.39, 0.29) is 15.9 Å². The van der Waals surface area contributed by atoms with Crippen LogP contribution >= 0.6 is 15.9 Å². The Hall–Kier alpha value is -1.49. The van der Waals surface area contributed by atoms with Crippen LogP contribution in [0.2, 0.25) is 0 Å². The molecule has 0 aliphatic heterocycles. The molecular formula is C7H3BrF3N3O. The number of ether oxygens (including phenoxy) is 1. The predicted octanol–water partition coefficient (Wildman–Crippen LogP) is 2.20. The second-order valence-corrected chi connectivity index (χ2v) is 3.17. The highest BCUT2D eigenvalue weighted by Crippen LogP contribution is 2.32. The van der Waals surface area contributed by atoms with Crippen LogP contribution < -0.4 is 10.5 Å². The van der Waals surface area contributed by atoms with Crippen LogP contribution in [-0.4, -0.2) is 11.3 Å². The van der Waals surface area contributed by atoms with Crippen molar-refractivity contribution in [2.24, 2.45) is 0 Å². The predicted molar refractivity (Wildman–Crippen MR) is 47.7 cm³/mol. The molecule has 8 heteroatoms. The number of nitriles is 1. The molecule has 0 aromatic carbocycles. The van der Waals surface area contributed by atoms with Gasteiger partial charge in [0.25, 0.3) is 0 Å². The monoisotopic (exact) mass is 281 g/mol. The highest BCUT2D eigenvalue weighted by molar-refractivity contribution is 9.10. The van der Waals surface area contributed by atoms with Crippen molar-refractivity contribution >= 4 is 21.6 Å². The summed E-state index contributed by atoms with van der Waals surface area (Å²) in [5.74, 6) is -0.779. The first-order valence-corrected chi connectivity index (χ1v) is 4.24. The van der Waals surface area contributed by atoms with Gasteiger partial charge < -0.3 is 10.5 Å². The van der Waals surface area contributed by atoms with E-state index in [0.29, 0.717) is 0 Å². The highest BCUT2D eigenvalue weighted by Gasteiger charge is 2.33. The van der Waals surface area contributed by atoms with Gasteiger partial charge in [-0.2, -0.15) is 5.26 Å². The van der Waals surface area contributed by atoms with Gasteiger partial charge in [-0.3, -0.25) is 0 Å². The first-order valence-electron chi connectivity index (χ1n) is 3.45. The fraction of sp³-hybridized carbons (Fsp3) is 0.143. The molecule has 1 aromatic rings. The molecule has 1 aromatic heterocycles. The SMILES string of the molecule is N#Cc1cc(N)c(Br)c(OC(F)(F)F)n1. The molecular weight excluding hydrogens is 279 g/mol. The molecule has 0 radical (unpaired) electrons. The summed E-state index contributed by atoms with van der Waals surface area (Å²) in [5, 5.41) is 8.46. The van der Waals surface area contributed by atoms with E-state index in [9.17, 15) is 13.2 Å². The number of alkyl halides is 3. The lowest BCUT2D eigenvalue weighted by atomic mass is 10.3. The van der Waals surface area contributed by atoms with Crippen LogP contribution in [0.1, 0.15) is 5.69 Å². The third kappa shape index (κ3) is 2.99. The maximum Gasteiger partial charge on any atom is 0.574 e. The zero-order valence-electron chi connectivity index (χ0n) is 6.97. The standard InChI is InChI=1S/C7H3BrF3N3O/c8-5-4(13)1-3(2-12)14-6(5)15-7(9,10)11/h1H,(H2,13,14). The van der Waals surface area contributed by atoms with Gasteiger partial charge in [-0.1, -0.05) is 0 Å². The Morgan fingerprint density at radius 2 is 2.13 bits per heavy atom. The topological polar surface area (TPSA) is 71.9 Å². The summed E-state index contributed by atoms with van der Waals surface area (Å²) in [6.07, 6.45) is -4.88. The summed E-state index contributed by atoms with van der Waals surface area (Å²) < 4.78 is 39.1. The minimum atomic E-state index is -4.88. The van der Waals surface area contributed by atoms with E-state index in [1.165, 1.54) is 0 Å². The number of hydrogen-bond donors (Lipinski definition) is 1. The van der Waals surface area contributed by atoms with Crippen molar-refractivity contribution in [2.45, 2.75) is 6.36 Å². The number of nitrogens with two attached hydrogens (primary N) is 1. The molecule has 0 fully saturated rings. The molecule has 0 spiro atoms. The number of rotatable bonds is 1. The van der Waals surface area contributed by atoms with E-state index >= 15 is 0 Å². The summed E-state index contributed by atoms with van der Waals surface area (Å²) in [4.78, 5) is 3.31. The van der Waals surface area contributed by atoms with Crippen LogP contribution in [-0.2, 0) is 0 Å². The Labute approximate surface area is 90.6 Å². The maximum absolute atomic E-state index is 11.9. The Kier molecular flexibility index (Phi) is 3.04. The van der Waals surface area contributed by atoms with Crippen LogP contribution in [0.15, 0.2) is 10.5 Å². The molecule has 0 amide bonds. The Bertz CT molecular complexity index is 427. The number of hydrogen-bond acceptors (Lipinski definition) is 4. The van der Waals surface area contributed by atoms with Crippen molar-refractivity contribution in [2.75, 3.05) is 5.73 Å². The van der Waals surface area contributed by atoms with Gasteiger partial charge in [0.15, 0.2) is 0 Å². The van der Waals surface area contributed by atoms with Crippen LogP contribution in [0, 0.1) is 11.3 Å². The van der Waals surface area contributed by atoms with E-state index in [4.69, 9.17) is 11.0 Å². The lowest BCUT2D eigenvalue weighted by Crippen LogP contribution is -2.18. The molecule has 0 atom stereocenters. The van der Waals surface area contributed by atoms with Crippen molar-refractivity contribution in [1.29, 1.82) is 5.26 Å². The quantitative estimate of drug-likeness (QED) is 0.857. The first-order chi connectivity index (χ1) is 6.83. The Morgan fingerprint density at radius 3 is 2.60 bits per heavy atom. The number of nitrogen functional groups attached to an aromatic ring is 1. The van der Waals surface area contributed by atoms with Gasteiger partial charge in [0.05, 0.1) is 5.69 Å². The van der Waals surface area contributed by atoms with Crippen molar-refractivity contribution in [3.05, 3.63) is 16.2 Å². The normalized spacial score (nSPS) is 10.9. The summed E-state index contributed by atoms with van der Waals surface area (Å²) in [5.41, 5.74) is 5.02. The van der Waals surface area contributed by atoms with E-state index in [1.807, 2.05) is 0 Å².